The fourth-order valence-corrected chi connectivity index (χ4v) is 4.20. The maximum absolute atomic E-state index is 13.1. The van der Waals surface area contributed by atoms with Crippen LogP contribution in [0.25, 0.3) is 0 Å². The molecule has 2 fully saturated rings. The summed E-state index contributed by atoms with van der Waals surface area (Å²) >= 11 is 0. The second kappa shape index (κ2) is 12.0. The van der Waals surface area contributed by atoms with E-state index < -0.39 is 78.2 Å². The zero-order valence-electron chi connectivity index (χ0n) is 20.4. The molecule has 0 aromatic heterocycles. The van der Waals surface area contributed by atoms with Gasteiger partial charge in [-0.3, -0.25) is 28.8 Å². The molecule has 2 rings (SSSR count). The summed E-state index contributed by atoms with van der Waals surface area (Å²) in [6.45, 7) is 6.61. The van der Waals surface area contributed by atoms with Gasteiger partial charge in [-0.15, -0.1) is 0 Å². The minimum atomic E-state index is -1.58. The van der Waals surface area contributed by atoms with Gasteiger partial charge < -0.3 is 36.4 Å². The minimum Gasteiger partial charge on any atom is -0.481 e. The summed E-state index contributed by atoms with van der Waals surface area (Å²) in [5.74, 6) is -5.14. The van der Waals surface area contributed by atoms with Gasteiger partial charge in [-0.25, -0.2) is 0 Å². The first-order valence-corrected chi connectivity index (χ1v) is 11.7. The van der Waals surface area contributed by atoms with Gasteiger partial charge in [0.1, 0.15) is 30.2 Å². The van der Waals surface area contributed by atoms with E-state index in [2.05, 4.69) is 21.3 Å². The Labute approximate surface area is 203 Å². The molecule has 0 aromatic carbocycles. The summed E-state index contributed by atoms with van der Waals surface area (Å²) < 4.78 is 0. The van der Waals surface area contributed by atoms with Crippen LogP contribution < -0.4 is 21.3 Å². The predicted molar refractivity (Wildman–Crippen MR) is 122 cm³/mol. The Bertz CT molecular complexity index is 861. The van der Waals surface area contributed by atoms with Crippen LogP contribution in [-0.2, 0) is 28.8 Å². The standard InChI is InChI=1S/C22H35N5O8/c1-10(2)8-13-18(31)24-14(9-16(29)30)19(32)26-17(12(4)28)21(34)23-11(3)22(35)27-7-5-6-15(27)20(33)25-13/h10-15,17,28H,5-9H2,1-4H3,(H,23,34)(H,24,31)(H,25,33)(H,26,32)(H,29,30)/t11-,12+,13-,14-,15+,17-/m0/s1. The van der Waals surface area contributed by atoms with Crippen LogP contribution in [0.5, 0.6) is 0 Å². The van der Waals surface area contributed by atoms with E-state index in [-0.39, 0.29) is 18.9 Å². The number of carbonyl (C=O) groups excluding carboxylic acids is 5. The molecule has 2 saturated heterocycles. The maximum Gasteiger partial charge on any atom is 0.305 e. The highest BCUT2D eigenvalue weighted by atomic mass is 16.4. The van der Waals surface area contributed by atoms with Crippen molar-refractivity contribution in [2.24, 2.45) is 5.92 Å². The summed E-state index contributed by atoms with van der Waals surface area (Å²) in [7, 11) is 0. The number of hydrogen-bond acceptors (Lipinski definition) is 7. The molecule has 35 heavy (non-hydrogen) atoms. The largest absolute Gasteiger partial charge is 0.481 e. The van der Waals surface area contributed by atoms with Crippen LogP contribution in [0.1, 0.15) is 53.4 Å². The summed E-state index contributed by atoms with van der Waals surface area (Å²) in [5.41, 5.74) is 0. The van der Waals surface area contributed by atoms with Crippen molar-refractivity contribution < 1.29 is 39.0 Å². The topological polar surface area (TPSA) is 194 Å². The van der Waals surface area contributed by atoms with Crippen LogP contribution in [0.2, 0.25) is 0 Å². The van der Waals surface area contributed by atoms with E-state index in [4.69, 9.17) is 0 Å². The number of hydrogen-bond donors (Lipinski definition) is 6. The molecule has 2 aliphatic heterocycles. The summed E-state index contributed by atoms with van der Waals surface area (Å²) in [6, 6.07) is -6.10. The number of aliphatic hydroxyl groups is 1. The Balaban J connectivity index is 2.47. The summed E-state index contributed by atoms with van der Waals surface area (Å²) in [5, 5.41) is 29.0. The van der Waals surface area contributed by atoms with Crippen LogP contribution in [-0.4, -0.2) is 93.5 Å². The van der Waals surface area contributed by atoms with Crippen LogP contribution in [0.3, 0.4) is 0 Å². The van der Waals surface area contributed by atoms with E-state index >= 15 is 0 Å². The Morgan fingerprint density at radius 1 is 0.943 bits per heavy atom. The van der Waals surface area contributed by atoms with Gasteiger partial charge in [0.2, 0.25) is 29.5 Å². The number of rotatable bonds is 5. The number of fused-ring (bicyclic) bond motifs is 1. The van der Waals surface area contributed by atoms with Crippen molar-refractivity contribution in [3.8, 4) is 0 Å². The second-order valence-corrected chi connectivity index (χ2v) is 9.50. The lowest BCUT2D eigenvalue weighted by Gasteiger charge is -2.29. The molecule has 2 heterocycles. The van der Waals surface area contributed by atoms with Crippen molar-refractivity contribution in [1.29, 1.82) is 0 Å². The van der Waals surface area contributed by atoms with Crippen molar-refractivity contribution in [2.45, 2.75) is 89.7 Å². The molecule has 0 saturated carbocycles. The van der Waals surface area contributed by atoms with Crippen molar-refractivity contribution >= 4 is 35.5 Å². The average molecular weight is 498 g/mol. The fraction of sp³-hybridized carbons (Fsp3) is 0.727. The molecule has 0 bridgehead atoms. The molecule has 0 unspecified atom stereocenters. The quantitative estimate of drug-likeness (QED) is 0.247. The molecule has 0 aromatic rings. The molecule has 0 spiro atoms. The van der Waals surface area contributed by atoms with Gasteiger partial charge in [-0.2, -0.15) is 0 Å². The summed E-state index contributed by atoms with van der Waals surface area (Å²) in [4.78, 5) is 77.5. The molecule has 0 radical (unpaired) electrons. The van der Waals surface area contributed by atoms with Gasteiger partial charge in [0.05, 0.1) is 12.5 Å². The first kappa shape index (κ1) is 28.0. The Morgan fingerprint density at radius 3 is 2.11 bits per heavy atom. The van der Waals surface area contributed by atoms with Gasteiger partial charge in [0.15, 0.2) is 0 Å². The number of amides is 5. The predicted octanol–water partition coefficient (Wildman–Crippen LogP) is -2.15. The van der Waals surface area contributed by atoms with Gasteiger partial charge in [-0.1, -0.05) is 13.8 Å². The third-order valence-corrected chi connectivity index (χ3v) is 5.98. The Kier molecular flexibility index (Phi) is 9.57. The summed E-state index contributed by atoms with van der Waals surface area (Å²) in [6.07, 6.45) is -1.06. The van der Waals surface area contributed by atoms with Crippen LogP contribution in [0.15, 0.2) is 0 Å². The molecule has 5 amide bonds. The molecule has 13 nitrogen and oxygen atoms in total. The fourth-order valence-electron chi connectivity index (χ4n) is 4.20. The lowest BCUT2D eigenvalue weighted by atomic mass is 10.0. The number of nitrogens with zero attached hydrogens (tertiary/aromatic N) is 1. The Morgan fingerprint density at radius 2 is 1.54 bits per heavy atom. The van der Waals surface area contributed by atoms with Crippen molar-refractivity contribution in [3.63, 3.8) is 0 Å². The van der Waals surface area contributed by atoms with Crippen molar-refractivity contribution in [3.05, 3.63) is 0 Å². The smallest absolute Gasteiger partial charge is 0.305 e. The highest BCUT2D eigenvalue weighted by molar-refractivity contribution is 5.98. The highest BCUT2D eigenvalue weighted by Gasteiger charge is 2.40. The van der Waals surface area contributed by atoms with E-state index in [1.165, 1.54) is 18.7 Å². The van der Waals surface area contributed by atoms with Gasteiger partial charge in [0.25, 0.3) is 0 Å². The third-order valence-electron chi connectivity index (χ3n) is 5.98. The van der Waals surface area contributed by atoms with E-state index in [1.54, 1.807) is 0 Å². The molecule has 6 atom stereocenters. The van der Waals surface area contributed by atoms with Crippen LogP contribution >= 0.6 is 0 Å². The van der Waals surface area contributed by atoms with Crippen molar-refractivity contribution in [2.75, 3.05) is 6.54 Å². The highest BCUT2D eigenvalue weighted by Crippen LogP contribution is 2.20. The number of carboxylic acid groups (broad SMARTS) is 1. The zero-order chi connectivity index (χ0) is 26.4. The van der Waals surface area contributed by atoms with Crippen LogP contribution in [0, 0.1) is 5.92 Å². The molecule has 2 aliphatic rings. The number of nitrogens with one attached hydrogen (secondary N) is 4. The third kappa shape index (κ3) is 7.38. The van der Waals surface area contributed by atoms with Crippen LogP contribution in [0.4, 0.5) is 0 Å². The first-order chi connectivity index (χ1) is 16.3. The zero-order valence-corrected chi connectivity index (χ0v) is 20.4. The number of aliphatic hydroxyl groups excluding tert-OH is 1. The number of carbonyl (C=O) groups is 6. The van der Waals surface area contributed by atoms with Crippen molar-refractivity contribution in [1.82, 2.24) is 26.2 Å². The second-order valence-electron chi connectivity index (χ2n) is 9.50. The van der Waals surface area contributed by atoms with E-state index in [9.17, 15) is 39.0 Å². The van der Waals surface area contributed by atoms with Gasteiger partial charge >= 0.3 is 5.97 Å². The molecule has 6 N–H and O–H groups in total. The molecule has 13 heteroatoms. The monoisotopic (exact) mass is 497 g/mol. The maximum atomic E-state index is 13.1. The lowest BCUT2D eigenvalue weighted by molar-refractivity contribution is -0.142. The van der Waals surface area contributed by atoms with Gasteiger partial charge in [0, 0.05) is 6.54 Å². The van der Waals surface area contributed by atoms with E-state index in [1.807, 2.05) is 13.8 Å². The SMILES string of the molecule is CC(C)C[C@@H]1NC(=O)[C@H]2CCCN2C(=O)[C@H](C)NC(=O)[C@H]([C@@H](C)O)NC(=O)[C@H](CC(=O)O)NC1=O. The first-order valence-electron chi connectivity index (χ1n) is 11.7. The van der Waals surface area contributed by atoms with E-state index in [0.29, 0.717) is 12.8 Å². The Hall–Kier alpha value is -3.22. The molecular weight excluding hydrogens is 462 g/mol. The molecule has 0 aliphatic carbocycles. The lowest BCUT2D eigenvalue weighted by Crippen LogP contribution is -2.60. The average Bonchev–Trinajstić information content (AvgIpc) is 3.24. The van der Waals surface area contributed by atoms with Gasteiger partial charge in [-0.05, 0) is 39.0 Å². The number of carboxylic acids is 1. The van der Waals surface area contributed by atoms with E-state index in [0.717, 1.165) is 0 Å². The number of aliphatic carboxylic acids is 1. The molecular formula is C22H35N5O8. The normalized spacial score (nSPS) is 29.8. The molecule has 196 valence electrons. The minimum absolute atomic E-state index is 0.0392.